The van der Waals surface area contributed by atoms with Gasteiger partial charge in [0.05, 0.1) is 24.6 Å². The molecule has 0 spiro atoms. The largest absolute Gasteiger partial charge is 0.465 e. The molecule has 3 N–H and O–H groups in total. The summed E-state index contributed by atoms with van der Waals surface area (Å²) in [6, 6.07) is 3.06. The predicted molar refractivity (Wildman–Crippen MR) is 97.1 cm³/mol. The van der Waals surface area contributed by atoms with Gasteiger partial charge in [-0.05, 0) is 12.1 Å². The van der Waals surface area contributed by atoms with Gasteiger partial charge in [0.1, 0.15) is 11.4 Å². The standard InChI is InChI=1S/C17H21N5O5/c1-20-10-12(19-17(25)26)7-13(20)15(23)18-11-8-14(21(2)9-11)16(24)22-3-5-27-6-4-22/h7-10,19H,3-6H2,1-2H3,(H,18,23)(H,25,26). The fourth-order valence-corrected chi connectivity index (χ4v) is 2.95. The molecule has 2 aromatic heterocycles. The van der Waals surface area contributed by atoms with Crippen LogP contribution in [0.4, 0.5) is 16.2 Å². The van der Waals surface area contributed by atoms with Crippen LogP contribution in [0.1, 0.15) is 21.0 Å². The molecule has 0 aliphatic carbocycles. The first-order valence-electron chi connectivity index (χ1n) is 8.36. The smallest absolute Gasteiger partial charge is 0.409 e. The number of anilines is 2. The number of morpholine rings is 1. The number of carboxylic acid groups (broad SMARTS) is 1. The van der Waals surface area contributed by atoms with Crippen molar-refractivity contribution in [1.82, 2.24) is 14.0 Å². The lowest BCUT2D eigenvalue weighted by atomic mass is 10.3. The zero-order chi connectivity index (χ0) is 19.6. The Morgan fingerprint density at radius 3 is 2.15 bits per heavy atom. The number of ether oxygens (including phenoxy) is 1. The molecule has 0 unspecified atom stereocenters. The summed E-state index contributed by atoms with van der Waals surface area (Å²) in [5, 5.41) is 13.7. The van der Waals surface area contributed by atoms with Crippen LogP contribution in [-0.2, 0) is 18.8 Å². The number of carbonyl (C=O) groups excluding carboxylic acids is 2. The van der Waals surface area contributed by atoms with Gasteiger partial charge in [0.2, 0.25) is 0 Å². The molecule has 10 heteroatoms. The third-order valence-corrected chi connectivity index (χ3v) is 4.27. The average Bonchev–Trinajstić information content (AvgIpc) is 3.16. The Bertz CT molecular complexity index is 878. The van der Waals surface area contributed by atoms with Crippen LogP contribution < -0.4 is 10.6 Å². The molecule has 0 radical (unpaired) electrons. The number of aryl methyl sites for hydroxylation is 2. The normalized spacial score (nSPS) is 14.1. The second-order valence-corrected chi connectivity index (χ2v) is 6.24. The van der Waals surface area contributed by atoms with Crippen molar-refractivity contribution in [2.45, 2.75) is 0 Å². The molecule has 0 aromatic carbocycles. The monoisotopic (exact) mass is 375 g/mol. The lowest BCUT2D eigenvalue weighted by molar-refractivity contribution is 0.0296. The number of aromatic nitrogens is 2. The summed E-state index contributed by atoms with van der Waals surface area (Å²) >= 11 is 0. The molecule has 2 aromatic rings. The van der Waals surface area contributed by atoms with E-state index in [4.69, 9.17) is 9.84 Å². The third-order valence-electron chi connectivity index (χ3n) is 4.27. The molecule has 0 atom stereocenters. The summed E-state index contributed by atoms with van der Waals surface area (Å²) in [4.78, 5) is 37.5. The fourth-order valence-electron chi connectivity index (χ4n) is 2.95. The molecule has 1 saturated heterocycles. The van der Waals surface area contributed by atoms with E-state index in [2.05, 4.69) is 10.6 Å². The summed E-state index contributed by atoms with van der Waals surface area (Å²) in [7, 11) is 3.38. The number of nitrogens with zero attached hydrogens (tertiary/aromatic N) is 3. The fraction of sp³-hybridized carbons (Fsp3) is 0.353. The molecule has 27 heavy (non-hydrogen) atoms. The van der Waals surface area contributed by atoms with Gasteiger partial charge in [-0.15, -0.1) is 0 Å². The van der Waals surface area contributed by atoms with Gasteiger partial charge in [-0.2, -0.15) is 0 Å². The topological polar surface area (TPSA) is 118 Å². The van der Waals surface area contributed by atoms with Gasteiger partial charge in [-0.25, -0.2) is 4.79 Å². The van der Waals surface area contributed by atoms with E-state index in [0.29, 0.717) is 43.4 Å². The molecule has 1 fully saturated rings. The average molecular weight is 375 g/mol. The van der Waals surface area contributed by atoms with Crippen LogP contribution in [0.25, 0.3) is 0 Å². The highest BCUT2D eigenvalue weighted by molar-refractivity contribution is 6.05. The van der Waals surface area contributed by atoms with Crippen LogP contribution in [0.5, 0.6) is 0 Å². The van der Waals surface area contributed by atoms with Crippen LogP contribution in [0.15, 0.2) is 24.5 Å². The Kier molecular flexibility index (Phi) is 5.17. The highest BCUT2D eigenvalue weighted by Crippen LogP contribution is 2.18. The second-order valence-electron chi connectivity index (χ2n) is 6.24. The first-order chi connectivity index (χ1) is 12.8. The van der Waals surface area contributed by atoms with Crippen molar-refractivity contribution in [3.05, 3.63) is 35.9 Å². The van der Waals surface area contributed by atoms with Gasteiger partial charge < -0.3 is 29.2 Å². The molecule has 3 rings (SSSR count). The van der Waals surface area contributed by atoms with Crippen molar-refractivity contribution in [3.8, 4) is 0 Å². The van der Waals surface area contributed by atoms with Crippen molar-refractivity contribution in [1.29, 1.82) is 0 Å². The maximum absolute atomic E-state index is 12.6. The summed E-state index contributed by atoms with van der Waals surface area (Å²) in [6.45, 7) is 2.10. The van der Waals surface area contributed by atoms with Crippen molar-refractivity contribution in [3.63, 3.8) is 0 Å². The van der Waals surface area contributed by atoms with E-state index in [-0.39, 0.29) is 11.6 Å². The Balaban J connectivity index is 1.73. The Morgan fingerprint density at radius 2 is 1.52 bits per heavy atom. The molecular formula is C17H21N5O5. The van der Waals surface area contributed by atoms with E-state index in [1.54, 1.807) is 35.8 Å². The van der Waals surface area contributed by atoms with E-state index in [9.17, 15) is 14.4 Å². The predicted octanol–water partition coefficient (Wildman–Crippen LogP) is 1.18. The van der Waals surface area contributed by atoms with Gasteiger partial charge in [-0.1, -0.05) is 0 Å². The third kappa shape index (κ3) is 4.11. The minimum absolute atomic E-state index is 0.117. The maximum Gasteiger partial charge on any atom is 0.409 e. The number of nitrogens with one attached hydrogen (secondary N) is 2. The van der Waals surface area contributed by atoms with Crippen molar-refractivity contribution in [2.24, 2.45) is 14.1 Å². The summed E-state index contributed by atoms with van der Waals surface area (Å²) < 4.78 is 8.44. The first-order valence-corrected chi connectivity index (χ1v) is 8.36. The number of rotatable bonds is 4. The molecule has 0 bridgehead atoms. The van der Waals surface area contributed by atoms with Crippen molar-refractivity contribution in [2.75, 3.05) is 36.9 Å². The second kappa shape index (κ2) is 7.54. The van der Waals surface area contributed by atoms with Gasteiger partial charge in [0.15, 0.2) is 0 Å². The van der Waals surface area contributed by atoms with E-state index < -0.39 is 12.0 Å². The Hall–Kier alpha value is -3.27. The minimum atomic E-state index is -1.21. The molecule has 3 amide bonds. The number of carbonyl (C=O) groups is 3. The van der Waals surface area contributed by atoms with Crippen LogP contribution in [0.2, 0.25) is 0 Å². The maximum atomic E-state index is 12.6. The molecule has 10 nitrogen and oxygen atoms in total. The molecular weight excluding hydrogens is 354 g/mol. The van der Waals surface area contributed by atoms with E-state index in [0.717, 1.165) is 0 Å². The van der Waals surface area contributed by atoms with Crippen LogP contribution >= 0.6 is 0 Å². The van der Waals surface area contributed by atoms with Crippen LogP contribution in [-0.4, -0.2) is 63.4 Å². The van der Waals surface area contributed by atoms with E-state index in [1.165, 1.54) is 16.8 Å². The SMILES string of the molecule is Cn1cc(NC(=O)O)cc1C(=O)Nc1cc(C(=O)N2CCOCC2)n(C)c1. The lowest BCUT2D eigenvalue weighted by Gasteiger charge is -2.26. The molecule has 1 aliphatic rings. The molecule has 0 saturated carbocycles. The number of amides is 3. The zero-order valence-electron chi connectivity index (χ0n) is 15.1. The number of hydrogen-bond acceptors (Lipinski definition) is 4. The molecule has 3 heterocycles. The van der Waals surface area contributed by atoms with Gasteiger partial charge in [0, 0.05) is 39.6 Å². The highest BCUT2D eigenvalue weighted by atomic mass is 16.5. The van der Waals surface area contributed by atoms with Crippen molar-refractivity contribution >= 4 is 29.3 Å². The summed E-state index contributed by atoms with van der Waals surface area (Å²) in [6.07, 6.45) is 1.95. The quantitative estimate of drug-likeness (QED) is 0.742. The minimum Gasteiger partial charge on any atom is -0.465 e. The van der Waals surface area contributed by atoms with Gasteiger partial charge in [0.25, 0.3) is 11.8 Å². The van der Waals surface area contributed by atoms with Crippen LogP contribution in [0, 0.1) is 0 Å². The summed E-state index contributed by atoms with van der Waals surface area (Å²) in [5.41, 5.74) is 1.52. The zero-order valence-corrected chi connectivity index (χ0v) is 15.1. The van der Waals surface area contributed by atoms with E-state index >= 15 is 0 Å². The van der Waals surface area contributed by atoms with Gasteiger partial charge in [-0.3, -0.25) is 14.9 Å². The van der Waals surface area contributed by atoms with E-state index in [1.807, 2.05) is 0 Å². The lowest BCUT2D eigenvalue weighted by Crippen LogP contribution is -2.41. The number of hydrogen-bond donors (Lipinski definition) is 3. The summed E-state index contributed by atoms with van der Waals surface area (Å²) in [5.74, 6) is -0.528. The Labute approximate surface area is 155 Å². The highest BCUT2D eigenvalue weighted by Gasteiger charge is 2.22. The van der Waals surface area contributed by atoms with Crippen molar-refractivity contribution < 1.29 is 24.2 Å². The Morgan fingerprint density at radius 1 is 0.963 bits per heavy atom. The van der Waals surface area contributed by atoms with Crippen LogP contribution in [0.3, 0.4) is 0 Å². The molecule has 1 aliphatic heterocycles. The van der Waals surface area contributed by atoms with Gasteiger partial charge >= 0.3 is 6.09 Å². The first kappa shape index (κ1) is 18.5. The molecule has 144 valence electrons.